The topological polar surface area (TPSA) is 86.6 Å². The Morgan fingerprint density at radius 1 is 1.00 bits per heavy atom. The molecule has 0 fully saturated rings. The molecule has 0 spiro atoms. The first-order chi connectivity index (χ1) is 13.6. The third-order valence-corrected chi connectivity index (χ3v) is 5.88. The molecule has 0 aliphatic carbocycles. The molecule has 0 aromatic heterocycles. The molecule has 4 aliphatic heterocycles. The van der Waals surface area contributed by atoms with Crippen LogP contribution in [-0.4, -0.2) is 36.3 Å². The third kappa shape index (κ3) is 2.00. The Kier molecular flexibility index (Phi) is 3.07. The van der Waals surface area contributed by atoms with Crippen molar-refractivity contribution in [1.29, 1.82) is 0 Å². The Bertz CT molecular complexity index is 1030. The van der Waals surface area contributed by atoms with Crippen molar-refractivity contribution in [2.45, 2.75) is 24.2 Å². The number of ether oxygens (including phenoxy) is 5. The van der Waals surface area contributed by atoms with Crippen LogP contribution in [0.3, 0.4) is 0 Å². The van der Waals surface area contributed by atoms with E-state index >= 15 is 0 Å². The van der Waals surface area contributed by atoms with Gasteiger partial charge >= 0.3 is 0 Å². The summed E-state index contributed by atoms with van der Waals surface area (Å²) in [5, 5.41) is 20.8. The SMILES string of the molecule is C=C(CO)[C@H]1Cc2cc3c(cc2O1)OC[C@]1(O)c2cc4c(cc2O[C@H]31)OCO4. The zero-order valence-electron chi connectivity index (χ0n) is 14.9. The van der Waals surface area contributed by atoms with Crippen LogP contribution in [0.4, 0.5) is 0 Å². The van der Waals surface area contributed by atoms with E-state index in [0.29, 0.717) is 46.3 Å². The fourth-order valence-electron chi connectivity index (χ4n) is 4.34. The molecule has 3 atom stereocenters. The average molecular weight is 382 g/mol. The highest BCUT2D eigenvalue weighted by atomic mass is 16.7. The lowest BCUT2D eigenvalue weighted by atomic mass is 9.84. The van der Waals surface area contributed by atoms with Gasteiger partial charge in [0.05, 0.1) is 6.61 Å². The van der Waals surface area contributed by atoms with Gasteiger partial charge in [-0.2, -0.15) is 0 Å². The normalized spacial score (nSPS) is 27.6. The Hall–Kier alpha value is -2.90. The minimum absolute atomic E-state index is 0.0584. The molecule has 4 heterocycles. The predicted molar refractivity (Wildman–Crippen MR) is 96.1 cm³/mol. The highest BCUT2D eigenvalue weighted by Gasteiger charge is 2.54. The van der Waals surface area contributed by atoms with Crippen molar-refractivity contribution in [1.82, 2.24) is 0 Å². The van der Waals surface area contributed by atoms with Gasteiger partial charge in [-0.3, -0.25) is 0 Å². The standard InChI is InChI=1S/C21H18O7/c1-10(7-22)14-3-11-2-12-16(5-15(11)27-14)24-8-21(23)13-4-18-19(26-9-25-18)6-17(13)28-20(12)21/h2,4-6,14,20,22-23H,1,3,7-9H2/t14-,20-,21+/m1/s1. The molecule has 0 saturated carbocycles. The van der Waals surface area contributed by atoms with Crippen LogP contribution in [0.15, 0.2) is 36.4 Å². The Morgan fingerprint density at radius 3 is 2.61 bits per heavy atom. The van der Waals surface area contributed by atoms with Crippen molar-refractivity contribution in [2.75, 3.05) is 20.0 Å². The van der Waals surface area contributed by atoms with Gasteiger partial charge in [-0.05, 0) is 23.3 Å². The molecule has 144 valence electrons. The highest BCUT2D eigenvalue weighted by Crippen LogP contribution is 2.57. The van der Waals surface area contributed by atoms with Gasteiger partial charge in [0, 0.05) is 29.7 Å². The summed E-state index contributed by atoms with van der Waals surface area (Å²) in [5.41, 5.74) is 1.69. The van der Waals surface area contributed by atoms with Gasteiger partial charge in [-0.25, -0.2) is 0 Å². The maximum atomic E-state index is 11.4. The van der Waals surface area contributed by atoms with Crippen molar-refractivity contribution < 1.29 is 33.9 Å². The van der Waals surface area contributed by atoms with Crippen LogP contribution in [-0.2, 0) is 12.0 Å². The predicted octanol–water partition coefficient (Wildman–Crippen LogP) is 1.98. The molecule has 7 nitrogen and oxygen atoms in total. The Labute approximate surface area is 160 Å². The van der Waals surface area contributed by atoms with Crippen LogP contribution in [0.25, 0.3) is 0 Å². The minimum Gasteiger partial charge on any atom is -0.489 e. The molecule has 2 aromatic carbocycles. The number of rotatable bonds is 2. The molecule has 6 rings (SSSR count). The van der Waals surface area contributed by atoms with E-state index in [2.05, 4.69) is 6.58 Å². The summed E-state index contributed by atoms with van der Waals surface area (Å²) >= 11 is 0. The fourth-order valence-corrected chi connectivity index (χ4v) is 4.34. The summed E-state index contributed by atoms with van der Waals surface area (Å²) in [6, 6.07) is 7.30. The third-order valence-electron chi connectivity index (χ3n) is 5.88. The molecule has 0 unspecified atom stereocenters. The zero-order chi connectivity index (χ0) is 19.0. The first kappa shape index (κ1) is 16.1. The largest absolute Gasteiger partial charge is 0.489 e. The summed E-state index contributed by atoms with van der Waals surface area (Å²) in [6.07, 6.45) is -0.253. The van der Waals surface area contributed by atoms with Gasteiger partial charge in [0.1, 0.15) is 30.0 Å². The molecule has 0 amide bonds. The van der Waals surface area contributed by atoms with Gasteiger partial charge in [-0.1, -0.05) is 6.58 Å². The first-order valence-electron chi connectivity index (χ1n) is 9.15. The number of aliphatic hydroxyl groups excluding tert-OH is 1. The van der Waals surface area contributed by atoms with Gasteiger partial charge in [0.2, 0.25) is 6.79 Å². The second-order valence-corrected chi connectivity index (χ2v) is 7.54. The Morgan fingerprint density at radius 2 is 1.79 bits per heavy atom. The molecular formula is C21H18O7. The number of hydrogen-bond acceptors (Lipinski definition) is 7. The number of aliphatic hydroxyl groups is 2. The highest BCUT2D eigenvalue weighted by molar-refractivity contribution is 5.60. The summed E-state index contributed by atoms with van der Waals surface area (Å²) < 4.78 is 28.8. The fraction of sp³-hybridized carbons (Fsp3) is 0.333. The molecule has 0 bridgehead atoms. The van der Waals surface area contributed by atoms with Crippen molar-refractivity contribution in [2.24, 2.45) is 0 Å². The molecule has 28 heavy (non-hydrogen) atoms. The van der Waals surface area contributed by atoms with E-state index in [4.69, 9.17) is 23.7 Å². The van der Waals surface area contributed by atoms with E-state index in [-0.39, 0.29) is 26.1 Å². The van der Waals surface area contributed by atoms with Crippen LogP contribution in [0.2, 0.25) is 0 Å². The number of fused-ring (bicyclic) bond motifs is 7. The Balaban J connectivity index is 1.41. The average Bonchev–Trinajstić information content (AvgIpc) is 3.39. The second kappa shape index (κ2) is 5.33. The van der Waals surface area contributed by atoms with E-state index in [1.165, 1.54) is 0 Å². The van der Waals surface area contributed by atoms with E-state index in [9.17, 15) is 10.2 Å². The molecule has 2 aromatic rings. The lowest BCUT2D eigenvalue weighted by Crippen LogP contribution is -2.41. The zero-order valence-corrected chi connectivity index (χ0v) is 14.9. The molecule has 4 aliphatic rings. The summed E-state index contributed by atoms with van der Waals surface area (Å²) in [7, 11) is 0. The van der Waals surface area contributed by atoms with E-state index in [1.807, 2.05) is 12.1 Å². The summed E-state index contributed by atoms with van der Waals surface area (Å²) in [6.45, 7) is 3.96. The van der Waals surface area contributed by atoms with E-state index in [0.717, 1.165) is 11.1 Å². The molecule has 2 N–H and O–H groups in total. The van der Waals surface area contributed by atoms with Gasteiger partial charge < -0.3 is 33.9 Å². The number of hydrogen-bond donors (Lipinski definition) is 2. The summed E-state index contributed by atoms with van der Waals surface area (Å²) in [4.78, 5) is 0. The van der Waals surface area contributed by atoms with Crippen LogP contribution in [0.5, 0.6) is 28.7 Å². The van der Waals surface area contributed by atoms with E-state index < -0.39 is 11.7 Å². The van der Waals surface area contributed by atoms with Crippen molar-refractivity contribution in [3.8, 4) is 28.7 Å². The molecule has 0 saturated heterocycles. The molecule has 7 heteroatoms. The molecule has 0 radical (unpaired) electrons. The van der Waals surface area contributed by atoms with Crippen LogP contribution in [0, 0.1) is 0 Å². The van der Waals surface area contributed by atoms with E-state index in [1.54, 1.807) is 12.1 Å². The monoisotopic (exact) mass is 382 g/mol. The maximum absolute atomic E-state index is 11.4. The van der Waals surface area contributed by atoms with Gasteiger partial charge in [0.25, 0.3) is 0 Å². The quantitative estimate of drug-likeness (QED) is 0.768. The van der Waals surface area contributed by atoms with Gasteiger partial charge in [-0.15, -0.1) is 0 Å². The second-order valence-electron chi connectivity index (χ2n) is 7.54. The van der Waals surface area contributed by atoms with Gasteiger partial charge in [0.15, 0.2) is 23.2 Å². The molecular weight excluding hydrogens is 364 g/mol. The van der Waals surface area contributed by atoms with Crippen molar-refractivity contribution in [3.63, 3.8) is 0 Å². The smallest absolute Gasteiger partial charge is 0.231 e. The van der Waals surface area contributed by atoms with Crippen LogP contribution < -0.4 is 23.7 Å². The van der Waals surface area contributed by atoms with Crippen molar-refractivity contribution >= 4 is 0 Å². The van der Waals surface area contributed by atoms with Crippen molar-refractivity contribution in [3.05, 3.63) is 53.1 Å². The van der Waals surface area contributed by atoms with Crippen LogP contribution in [0.1, 0.15) is 22.8 Å². The van der Waals surface area contributed by atoms with Crippen LogP contribution >= 0.6 is 0 Å². The lowest BCUT2D eigenvalue weighted by Gasteiger charge is -2.35. The number of benzene rings is 2. The lowest BCUT2D eigenvalue weighted by molar-refractivity contribution is -0.0865. The first-order valence-corrected chi connectivity index (χ1v) is 9.15. The minimum atomic E-state index is -1.31. The maximum Gasteiger partial charge on any atom is 0.231 e. The summed E-state index contributed by atoms with van der Waals surface area (Å²) in [5.74, 6) is 3.10.